The number of hydrogen-bond donors (Lipinski definition) is 2. The lowest BCUT2D eigenvalue weighted by Crippen LogP contribution is -2.43. The van der Waals surface area contributed by atoms with Crippen LogP contribution in [-0.2, 0) is 4.74 Å². The largest absolute Gasteiger partial charge is 0.389 e. The third kappa shape index (κ3) is 14.5. The summed E-state index contributed by atoms with van der Waals surface area (Å²) in [6, 6.07) is 0.430. The second kappa shape index (κ2) is 13.5. The summed E-state index contributed by atoms with van der Waals surface area (Å²) in [5, 5.41) is 13.4. The first-order valence-corrected chi connectivity index (χ1v) is 8.59. The molecule has 128 valence electrons. The molecule has 2 atom stereocenters. The SMILES string of the molecule is CCCCCCOCC(O)CNC(CC(C)C)CN(C)C. The standard InChI is InChI=1S/C17H38N2O2/c1-6-7-8-9-10-21-14-17(20)12-18-16(11-15(2)3)13-19(4)5/h15-18,20H,6-14H2,1-5H3. The zero-order valence-electron chi connectivity index (χ0n) is 14.9. The van der Waals surface area contributed by atoms with Crippen molar-refractivity contribution >= 4 is 0 Å². The Bertz CT molecular complexity index is 213. The molecule has 0 aromatic rings. The second-order valence-electron chi connectivity index (χ2n) is 6.79. The van der Waals surface area contributed by atoms with Crippen LogP contribution in [0, 0.1) is 5.92 Å². The molecule has 2 unspecified atom stereocenters. The molecule has 0 saturated heterocycles. The van der Waals surface area contributed by atoms with Crippen molar-refractivity contribution in [1.29, 1.82) is 0 Å². The zero-order chi connectivity index (χ0) is 16.1. The highest BCUT2D eigenvalue weighted by molar-refractivity contribution is 4.73. The molecule has 0 amide bonds. The van der Waals surface area contributed by atoms with Crippen molar-refractivity contribution in [3.05, 3.63) is 0 Å². The van der Waals surface area contributed by atoms with E-state index >= 15 is 0 Å². The van der Waals surface area contributed by atoms with Crippen LogP contribution in [0.1, 0.15) is 52.9 Å². The first-order valence-electron chi connectivity index (χ1n) is 8.59. The van der Waals surface area contributed by atoms with Gasteiger partial charge in [-0.2, -0.15) is 0 Å². The van der Waals surface area contributed by atoms with Gasteiger partial charge in [0.05, 0.1) is 12.7 Å². The molecule has 0 aliphatic rings. The van der Waals surface area contributed by atoms with Gasteiger partial charge in [0.2, 0.25) is 0 Å². The Morgan fingerprint density at radius 1 is 1.14 bits per heavy atom. The molecule has 0 aliphatic carbocycles. The fourth-order valence-electron chi connectivity index (χ4n) is 2.44. The maximum absolute atomic E-state index is 9.97. The lowest BCUT2D eigenvalue weighted by Gasteiger charge is -2.25. The number of rotatable bonds is 14. The number of hydrogen-bond acceptors (Lipinski definition) is 4. The highest BCUT2D eigenvalue weighted by Gasteiger charge is 2.13. The molecule has 0 spiro atoms. The van der Waals surface area contributed by atoms with E-state index in [1.54, 1.807) is 0 Å². The van der Waals surface area contributed by atoms with Gasteiger partial charge >= 0.3 is 0 Å². The van der Waals surface area contributed by atoms with E-state index in [-0.39, 0.29) is 0 Å². The van der Waals surface area contributed by atoms with Gasteiger partial charge in [-0.3, -0.25) is 0 Å². The molecule has 2 N–H and O–H groups in total. The molecule has 0 aromatic carbocycles. The molecule has 0 rings (SSSR count). The molecule has 0 radical (unpaired) electrons. The number of aliphatic hydroxyl groups is 1. The van der Waals surface area contributed by atoms with Gasteiger partial charge in [0.1, 0.15) is 0 Å². The van der Waals surface area contributed by atoms with Crippen LogP contribution in [0.3, 0.4) is 0 Å². The second-order valence-corrected chi connectivity index (χ2v) is 6.79. The van der Waals surface area contributed by atoms with E-state index in [0.717, 1.165) is 26.0 Å². The Kier molecular flexibility index (Phi) is 13.4. The molecule has 4 nitrogen and oxygen atoms in total. The van der Waals surface area contributed by atoms with E-state index in [1.807, 2.05) is 0 Å². The minimum atomic E-state index is -0.409. The van der Waals surface area contributed by atoms with Crippen molar-refractivity contribution in [3.63, 3.8) is 0 Å². The summed E-state index contributed by atoms with van der Waals surface area (Å²) in [7, 11) is 4.18. The molecule has 0 aromatic heterocycles. The van der Waals surface area contributed by atoms with Crippen molar-refractivity contribution < 1.29 is 9.84 Å². The first kappa shape index (κ1) is 20.8. The van der Waals surface area contributed by atoms with Crippen molar-refractivity contribution in [2.45, 2.75) is 65.0 Å². The van der Waals surface area contributed by atoms with Crippen LogP contribution in [0.15, 0.2) is 0 Å². The van der Waals surface area contributed by atoms with Gasteiger partial charge in [-0.15, -0.1) is 0 Å². The lowest BCUT2D eigenvalue weighted by molar-refractivity contribution is 0.0333. The molecule has 0 saturated carbocycles. The third-order valence-corrected chi connectivity index (χ3v) is 3.44. The Hall–Kier alpha value is -0.160. The van der Waals surface area contributed by atoms with E-state index in [4.69, 9.17) is 4.74 Å². The first-order chi connectivity index (χ1) is 9.95. The average molecular weight is 303 g/mol. The normalized spacial score (nSPS) is 14.9. The summed E-state index contributed by atoms with van der Waals surface area (Å²) in [6.07, 6.45) is 5.57. The van der Waals surface area contributed by atoms with E-state index in [0.29, 0.717) is 25.1 Å². The number of nitrogens with zero attached hydrogens (tertiary/aromatic N) is 1. The Balaban J connectivity index is 3.73. The van der Waals surface area contributed by atoms with Crippen LogP contribution in [0.5, 0.6) is 0 Å². The van der Waals surface area contributed by atoms with Crippen molar-refractivity contribution in [1.82, 2.24) is 10.2 Å². The lowest BCUT2D eigenvalue weighted by atomic mass is 10.0. The smallest absolute Gasteiger partial charge is 0.0897 e. The highest BCUT2D eigenvalue weighted by Crippen LogP contribution is 2.06. The minimum Gasteiger partial charge on any atom is -0.389 e. The van der Waals surface area contributed by atoms with Crippen LogP contribution < -0.4 is 5.32 Å². The van der Waals surface area contributed by atoms with E-state index in [1.165, 1.54) is 19.3 Å². The quantitative estimate of drug-likeness (QED) is 0.484. The predicted molar refractivity (Wildman–Crippen MR) is 90.8 cm³/mol. The predicted octanol–water partition coefficient (Wildman–Crippen LogP) is 2.51. The van der Waals surface area contributed by atoms with Crippen LogP contribution in [-0.4, -0.2) is 62.6 Å². The molecule has 21 heavy (non-hydrogen) atoms. The zero-order valence-corrected chi connectivity index (χ0v) is 14.9. The van der Waals surface area contributed by atoms with Gasteiger partial charge < -0.3 is 20.1 Å². The summed E-state index contributed by atoms with van der Waals surface area (Å²) in [5.74, 6) is 0.661. The summed E-state index contributed by atoms with van der Waals surface area (Å²) >= 11 is 0. The molecule has 0 bridgehead atoms. The van der Waals surface area contributed by atoms with Crippen LogP contribution in [0.2, 0.25) is 0 Å². The van der Waals surface area contributed by atoms with Gasteiger partial charge in [0, 0.05) is 25.7 Å². The fraction of sp³-hybridized carbons (Fsp3) is 1.00. The highest BCUT2D eigenvalue weighted by atomic mass is 16.5. The Morgan fingerprint density at radius 3 is 2.43 bits per heavy atom. The summed E-state index contributed by atoms with van der Waals surface area (Å²) < 4.78 is 5.54. The molecule has 0 aliphatic heterocycles. The number of nitrogens with one attached hydrogen (secondary N) is 1. The minimum absolute atomic E-state index is 0.409. The molecule has 0 heterocycles. The third-order valence-electron chi connectivity index (χ3n) is 3.44. The average Bonchev–Trinajstić information content (AvgIpc) is 2.38. The molecular formula is C17H38N2O2. The number of likely N-dealkylation sites (N-methyl/N-ethyl adjacent to an activating group) is 1. The number of ether oxygens (including phenoxy) is 1. The van der Waals surface area contributed by atoms with Crippen molar-refractivity contribution in [3.8, 4) is 0 Å². The summed E-state index contributed by atoms with van der Waals surface area (Å²) in [6.45, 7) is 9.50. The molecule has 0 fully saturated rings. The molecular weight excluding hydrogens is 264 g/mol. The van der Waals surface area contributed by atoms with E-state index in [2.05, 4.69) is 45.1 Å². The maximum Gasteiger partial charge on any atom is 0.0897 e. The maximum atomic E-state index is 9.97. The van der Waals surface area contributed by atoms with Crippen molar-refractivity contribution in [2.24, 2.45) is 5.92 Å². The Morgan fingerprint density at radius 2 is 1.86 bits per heavy atom. The Labute approximate surface area is 132 Å². The van der Waals surface area contributed by atoms with Gasteiger partial charge in [-0.25, -0.2) is 0 Å². The summed E-state index contributed by atoms with van der Waals surface area (Å²) in [4.78, 5) is 2.19. The van der Waals surface area contributed by atoms with E-state index in [9.17, 15) is 5.11 Å². The molecule has 4 heteroatoms. The topological polar surface area (TPSA) is 44.7 Å². The van der Waals surface area contributed by atoms with Gasteiger partial charge in [-0.1, -0.05) is 40.0 Å². The van der Waals surface area contributed by atoms with Crippen LogP contribution in [0.4, 0.5) is 0 Å². The van der Waals surface area contributed by atoms with Crippen LogP contribution >= 0.6 is 0 Å². The van der Waals surface area contributed by atoms with Gasteiger partial charge in [-0.05, 0) is 32.9 Å². The van der Waals surface area contributed by atoms with Gasteiger partial charge in [0.15, 0.2) is 0 Å². The van der Waals surface area contributed by atoms with Gasteiger partial charge in [0.25, 0.3) is 0 Å². The number of unbranched alkanes of at least 4 members (excludes halogenated alkanes) is 3. The van der Waals surface area contributed by atoms with E-state index < -0.39 is 6.10 Å². The van der Waals surface area contributed by atoms with Crippen molar-refractivity contribution in [2.75, 3.05) is 40.4 Å². The number of aliphatic hydroxyl groups excluding tert-OH is 1. The monoisotopic (exact) mass is 302 g/mol. The fourth-order valence-corrected chi connectivity index (χ4v) is 2.44. The summed E-state index contributed by atoms with van der Waals surface area (Å²) in [5.41, 5.74) is 0. The van der Waals surface area contributed by atoms with Crippen LogP contribution in [0.25, 0.3) is 0 Å².